The molecule has 0 aromatic heterocycles. The molecule has 6 nitrogen and oxygen atoms in total. The van der Waals surface area contributed by atoms with Crippen LogP contribution in [0.15, 0.2) is 0 Å². The van der Waals surface area contributed by atoms with Crippen LogP contribution >= 0.6 is 0 Å². The van der Waals surface area contributed by atoms with Crippen LogP contribution in [0.25, 0.3) is 0 Å². The van der Waals surface area contributed by atoms with Crippen molar-refractivity contribution in [3.63, 3.8) is 0 Å². The van der Waals surface area contributed by atoms with Crippen LogP contribution in [-0.2, 0) is 19.0 Å². The summed E-state index contributed by atoms with van der Waals surface area (Å²) in [6.07, 6.45) is 0.502. The van der Waals surface area contributed by atoms with Gasteiger partial charge in [-0.2, -0.15) is 8.42 Å². The van der Waals surface area contributed by atoms with Crippen molar-refractivity contribution < 1.29 is 22.1 Å². The summed E-state index contributed by atoms with van der Waals surface area (Å²) in [5.74, 6) is 0. The molecule has 0 aromatic rings. The molecule has 1 saturated heterocycles. The molecule has 1 heterocycles. The second kappa shape index (κ2) is 4.73. The number of nitrogens with zero attached hydrogens (tertiary/aromatic N) is 1. The number of carbonyl (C=O) groups excluding carboxylic acids is 1. The first kappa shape index (κ1) is 14.1. The lowest BCUT2D eigenvalue weighted by molar-refractivity contribution is 0.0424. The van der Waals surface area contributed by atoms with Crippen LogP contribution in [0.2, 0.25) is 0 Å². The minimum atomic E-state index is -3.48. The number of carbonyl (C=O) groups is 1. The number of amides is 1. The summed E-state index contributed by atoms with van der Waals surface area (Å²) in [6.45, 7) is 7.66. The maximum Gasteiger partial charge on any atom is 0.413 e. The van der Waals surface area contributed by atoms with Gasteiger partial charge < -0.3 is 9.64 Å². The highest BCUT2D eigenvalue weighted by atomic mass is 32.2. The van der Waals surface area contributed by atoms with Gasteiger partial charge in [0.05, 0.1) is 18.9 Å². The highest BCUT2D eigenvalue weighted by molar-refractivity contribution is 7.86. The molecule has 0 bridgehead atoms. The number of rotatable bonds is 3. The van der Waals surface area contributed by atoms with E-state index >= 15 is 0 Å². The lowest BCUT2D eigenvalue weighted by atomic mass is 10.2. The Morgan fingerprint density at radius 3 is 2.53 bits per heavy atom. The van der Waals surface area contributed by atoms with Gasteiger partial charge in [-0.3, -0.25) is 4.18 Å². The van der Waals surface area contributed by atoms with Crippen LogP contribution in [0.3, 0.4) is 0 Å². The second-order valence-corrected chi connectivity index (χ2v) is 6.39. The zero-order valence-corrected chi connectivity index (χ0v) is 11.1. The van der Waals surface area contributed by atoms with Crippen molar-refractivity contribution in [3.8, 4) is 0 Å². The Labute approximate surface area is 102 Å². The third-order valence-corrected chi connectivity index (χ3v) is 2.70. The Balaban J connectivity index is 2.48. The maximum atomic E-state index is 11.6. The van der Waals surface area contributed by atoms with E-state index in [0.717, 1.165) is 6.26 Å². The van der Waals surface area contributed by atoms with Gasteiger partial charge in [0.15, 0.2) is 0 Å². The molecule has 1 fully saturated rings. The van der Waals surface area contributed by atoms with Gasteiger partial charge in [0, 0.05) is 20.4 Å². The zero-order valence-electron chi connectivity index (χ0n) is 10.3. The number of hydrogen-bond donors (Lipinski definition) is 0. The van der Waals surface area contributed by atoms with Crippen molar-refractivity contribution in [3.05, 3.63) is 6.92 Å². The van der Waals surface area contributed by atoms with Crippen LogP contribution in [0.5, 0.6) is 0 Å². The van der Waals surface area contributed by atoms with Gasteiger partial charge in [-0.05, 0) is 6.42 Å². The van der Waals surface area contributed by atoms with Crippen LogP contribution in [-0.4, -0.2) is 50.5 Å². The van der Waals surface area contributed by atoms with Gasteiger partial charge in [-0.1, -0.05) is 0 Å². The molecule has 1 amide bonds. The average Bonchev–Trinajstić information content (AvgIpc) is 2.45. The summed E-state index contributed by atoms with van der Waals surface area (Å²) in [4.78, 5) is 13.1. The predicted molar refractivity (Wildman–Crippen MR) is 61.8 cm³/mol. The van der Waals surface area contributed by atoms with Crippen molar-refractivity contribution in [2.75, 3.05) is 19.3 Å². The van der Waals surface area contributed by atoms with Crippen molar-refractivity contribution in [1.29, 1.82) is 0 Å². The molecule has 98 valence electrons. The van der Waals surface area contributed by atoms with Gasteiger partial charge >= 0.3 is 6.09 Å². The molecular weight excluding hydrogens is 246 g/mol. The highest BCUT2D eigenvalue weighted by Crippen LogP contribution is 2.17. The molecule has 0 aliphatic carbocycles. The average molecular weight is 264 g/mol. The van der Waals surface area contributed by atoms with E-state index in [-0.39, 0.29) is 6.54 Å². The Bertz CT molecular complexity index is 384. The maximum absolute atomic E-state index is 11.6. The summed E-state index contributed by atoms with van der Waals surface area (Å²) < 4.78 is 31.7. The molecule has 7 heteroatoms. The molecule has 1 aliphatic heterocycles. The summed E-state index contributed by atoms with van der Waals surface area (Å²) in [7, 11) is -3.48. The molecule has 1 aliphatic rings. The molecular formula is C10H18NO5S+. The number of hydrogen-bond acceptors (Lipinski definition) is 5. The van der Waals surface area contributed by atoms with Crippen LogP contribution in [0, 0.1) is 6.92 Å². The second-order valence-electron chi connectivity index (χ2n) is 4.78. The lowest BCUT2D eigenvalue weighted by Crippen LogP contribution is -2.36. The number of likely N-dealkylation sites (tertiary alicyclic amines) is 1. The molecule has 0 N–H and O–H groups in total. The fourth-order valence-corrected chi connectivity index (χ4v) is 2.17. The molecule has 0 saturated carbocycles. The molecule has 1 rings (SSSR count). The number of ether oxygens (including phenoxy) is 1. The lowest BCUT2D eigenvalue weighted by Gasteiger charge is -2.20. The minimum absolute atomic E-state index is 0.224. The topological polar surface area (TPSA) is 72.9 Å². The Morgan fingerprint density at radius 2 is 2.06 bits per heavy atom. The highest BCUT2D eigenvalue weighted by Gasteiger charge is 2.33. The summed E-state index contributed by atoms with van der Waals surface area (Å²) >= 11 is 0. The van der Waals surface area contributed by atoms with E-state index < -0.39 is 27.9 Å². The monoisotopic (exact) mass is 264 g/mol. The molecule has 0 aromatic carbocycles. The van der Waals surface area contributed by atoms with Gasteiger partial charge in [0.25, 0.3) is 10.1 Å². The van der Waals surface area contributed by atoms with Crippen molar-refractivity contribution in [2.24, 2.45) is 0 Å². The summed E-state index contributed by atoms with van der Waals surface area (Å²) in [5.41, 5.74) is -0.799. The van der Waals surface area contributed by atoms with E-state index in [2.05, 4.69) is 6.92 Å². The quantitative estimate of drug-likeness (QED) is 0.556. The summed E-state index contributed by atoms with van der Waals surface area (Å²) in [6, 6.07) is 0. The van der Waals surface area contributed by atoms with Crippen molar-refractivity contribution in [1.82, 2.24) is 4.90 Å². The Kier molecular flexibility index (Phi) is 3.93. The van der Waals surface area contributed by atoms with E-state index in [1.165, 1.54) is 4.90 Å². The summed E-state index contributed by atoms with van der Waals surface area (Å²) in [5, 5.41) is 0. The third kappa shape index (κ3) is 5.27. The van der Waals surface area contributed by atoms with E-state index in [1.54, 1.807) is 13.8 Å². The van der Waals surface area contributed by atoms with Crippen LogP contribution in [0.4, 0.5) is 4.79 Å². The van der Waals surface area contributed by atoms with E-state index in [1.807, 2.05) is 0 Å². The standard InChI is InChI=1S/C10H18NO5S/c1-10(2,3)15-9(12)11-6-5-8(7-11)16-17(4,13)14/h8H,1,5-7H2,2-4H3/q+1/t8-/m0/s1. The van der Waals surface area contributed by atoms with Crippen LogP contribution in [0.1, 0.15) is 20.3 Å². The SMILES string of the molecule is [CH2+]C(C)(C)OC(=O)N1CC[C@H](OS(C)(=O)=O)C1. The van der Waals surface area contributed by atoms with E-state index in [4.69, 9.17) is 8.92 Å². The molecule has 17 heavy (non-hydrogen) atoms. The molecule has 0 spiro atoms. The third-order valence-electron chi connectivity index (χ3n) is 2.08. The fraction of sp³-hybridized carbons (Fsp3) is 0.800. The first-order chi connectivity index (χ1) is 7.57. The van der Waals surface area contributed by atoms with Gasteiger partial charge in [-0.25, -0.2) is 4.79 Å². The smallest absolute Gasteiger partial charge is 0.403 e. The van der Waals surface area contributed by atoms with Gasteiger partial charge in [-0.15, -0.1) is 0 Å². The Hall–Kier alpha value is -0.950. The molecule has 0 radical (unpaired) electrons. The zero-order chi connectivity index (χ0) is 13.3. The van der Waals surface area contributed by atoms with Gasteiger partial charge in [0.2, 0.25) is 5.60 Å². The fourth-order valence-electron chi connectivity index (χ4n) is 1.52. The van der Waals surface area contributed by atoms with Crippen molar-refractivity contribution in [2.45, 2.75) is 32.0 Å². The first-order valence-corrected chi connectivity index (χ1v) is 7.10. The predicted octanol–water partition coefficient (Wildman–Crippen LogP) is 0.786. The Morgan fingerprint density at radius 1 is 1.47 bits per heavy atom. The minimum Gasteiger partial charge on any atom is -0.403 e. The normalized spacial score (nSPS) is 21.6. The molecule has 1 atom stereocenters. The van der Waals surface area contributed by atoms with E-state index in [0.29, 0.717) is 13.0 Å². The van der Waals surface area contributed by atoms with Crippen molar-refractivity contribution >= 4 is 16.2 Å². The largest absolute Gasteiger partial charge is 0.413 e. The van der Waals surface area contributed by atoms with Gasteiger partial charge in [0.1, 0.15) is 6.92 Å². The first-order valence-electron chi connectivity index (χ1n) is 5.28. The van der Waals surface area contributed by atoms with E-state index in [9.17, 15) is 13.2 Å². The molecule has 0 unspecified atom stereocenters. The van der Waals surface area contributed by atoms with Crippen LogP contribution < -0.4 is 0 Å².